The van der Waals surface area contributed by atoms with Crippen LogP contribution in [-0.2, 0) is 16.0 Å². The van der Waals surface area contributed by atoms with Gasteiger partial charge < -0.3 is 30.2 Å². The fourth-order valence-corrected chi connectivity index (χ4v) is 2.33. The van der Waals surface area contributed by atoms with Gasteiger partial charge in [-0.05, 0) is 46.2 Å². The van der Waals surface area contributed by atoms with Crippen LogP contribution < -0.4 is 20.7 Å². The number of guanidine groups is 1. The molecule has 0 spiro atoms. The third-order valence-corrected chi connectivity index (χ3v) is 3.61. The Kier molecular flexibility index (Phi) is 10.9. The van der Waals surface area contributed by atoms with Gasteiger partial charge in [0.15, 0.2) is 5.96 Å². The Morgan fingerprint density at radius 3 is 2.48 bits per heavy atom. The zero-order valence-corrected chi connectivity index (χ0v) is 18.6. The zero-order chi connectivity index (χ0) is 21.7. The molecule has 0 radical (unpaired) electrons. The minimum absolute atomic E-state index is 0.426. The van der Waals surface area contributed by atoms with Gasteiger partial charge in [-0.15, -0.1) is 0 Å². The highest BCUT2D eigenvalue weighted by atomic mass is 16.6. The maximum Gasteiger partial charge on any atom is 0.407 e. The summed E-state index contributed by atoms with van der Waals surface area (Å²) in [6.07, 6.45) is -0.432. The van der Waals surface area contributed by atoms with E-state index in [0.717, 1.165) is 23.4 Å². The smallest absolute Gasteiger partial charge is 0.407 e. The summed E-state index contributed by atoms with van der Waals surface area (Å²) < 4.78 is 16.1. The van der Waals surface area contributed by atoms with Gasteiger partial charge in [0, 0.05) is 32.3 Å². The molecule has 0 heterocycles. The van der Waals surface area contributed by atoms with Crippen molar-refractivity contribution >= 4 is 12.1 Å². The molecule has 0 bridgehead atoms. The van der Waals surface area contributed by atoms with Crippen molar-refractivity contribution in [1.29, 1.82) is 0 Å². The van der Waals surface area contributed by atoms with E-state index in [2.05, 4.69) is 20.9 Å². The molecule has 1 rings (SSSR count). The molecule has 8 nitrogen and oxygen atoms in total. The van der Waals surface area contributed by atoms with E-state index < -0.39 is 11.7 Å². The molecule has 0 atom stereocenters. The average Bonchev–Trinajstić information content (AvgIpc) is 2.63. The van der Waals surface area contributed by atoms with Gasteiger partial charge in [0.1, 0.15) is 18.0 Å². The van der Waals surface area contributed by atoms with E-state index in [-0.39, 0.29) is 0 Å². The topological polar surface area (TPSA) is 93.2 Å². The molecule has 1 amide bonds. The van der Waals surface area contributed by atoms with E-state index in [1.807, 2.05) is 52.8 Å². The highest BCUT2D eigenvalue weighted by Crippen LogP contribution is 2.21. The van der Waals surface area contributed by atoms with Gasteiger partial charge in [0.05, 0.1) is 13.2 Å². The van der Waals surface area contributed by atoms with Gasteiger partial charge in [0.25, 0.3) is 0 Å². The molecule has 0 aliphatic carbocycles. The number of carbonyl (C=O) groups is 1. The van der Waals surface area contributed by atoms with Gasteiger partial charge in [-0.3, -0.25) is 0 Å². The third kappa shape index (κ3) is 11.2. The number of aliphatic imine (C=N–C) groups is 1. The van der Waals surface area contributed by atoms with E-state index in [1.165, 1.54) is 0 Å². The number of benzene rings is 1. The number of rotatable bonds is 10. The van der Waals surface area contributed by atoms with Crippen LogP contribution in [0.5, 0.6) is 5.75 Å². The second kappa shape index (κ2) is 12.9. The SMILES string of the molecule is CCNC(=NCc1ccc(C)cc1OCCOC)NCCNC(=O)OC(C)(C)C. The monoisotopic (exact) mass is 408 g/mol. The summed E-state index contributed by atoms with van der Waals surface area (Å²) in [6, 6.07) is 6.07. The molecule has 0 saturated heterocycles. The largest absolute Gasteiger partial charge is 0.491 e. The van der Waals surface area contributed by atoms with Crippen LogP contribution in [-0.4, -0.2) is 57.6 Å². The fourth-order valence-electron chi connectivity index (χ4n) is 2.33. The summed E-state index contributed by atoms with van der Waals surface area (Å²) >= 11 is 0. The molecule has 0 fully saturated rings. The minimum atomic E-state index is -0.509. The van der Waals surface area contributed by atoms with Crippen molar-refractivity contribution in [2.45, 2.75) is 46.8 Å². The molecule has 0 aliphatic rings. The van der Waals surface area contributed by atoms with Crippen molar-refractivity contribution < 1.29 is 19.0 Å². The molecule has 0 aliphatic heterocycles. The highest BCUT2D eigenvalue weighted by molar-refractivity contribution is 5.79. The van der Waals surface area contributed by atoms with Crippen molar-refractivity contribution in [3.05, 3.63) is 29.3 Å². The molecule has 3 N–H and O–H groups in total. The number of hydrogen-bond donors (Lipinski definition) is 3. The van der Waals surface area contributed by atoms with Gasteiger partial charge in [-0.1, -0.05) is 12.1 Å². The van der Waals surface area contributed by atoms with Crippen molar-refractivity contribution in [1.82, 2.24) is 16.0 Å². The maximum absolute atomic E-state index is 11.7. The maximum atomic E-state index is 11.7. The van der Waals surface area contributed by atoms with Crippen LogP contribution in [0.4, 0.5) is 4.79 Å². The van der Waals surface area contributed by atoms with E-state index >= 15 is 0 Å². The zero-order valence-electron chi connectivity index (χ0n) is 18.6. The normalized spacial score (nSPS) is 11.7. The van der Waals surface area contributed by atoms with Crippen molar-refractivity contribution in [2.75, 3.05) is 40.0 Å². The van der Waals surface area contributed by atoms with Crippen LogP contribution in [0.3, 0.4) is 0 Å². The van der Waals surface area contributed by atoms with Gasteiger partial charge in [-0.25, -0.2) is 9.79 Å². The van der Waals surface area contributed by atoms with Crippen LogP contribution in [0.2, 0.25) is 0 Å². The Balaban J connectivity index is 2.60. The second-order valence-corrected chi connectivity index (χ2v) is 7.50. The number of carbonyl (C=O) groups excluding carboxylic acids is 1. The van der Waals surface area contributed by atoms with E-state index in [4.69, 9.17) is 14.2 Å². The molecular formula is C21H36N4O4. The fraction of sp³-hybridized carbons (Fsp3) is 0.619. The lowest BCUT2D eigenvalue weighted by Crippen LogP contribution is -2.42. The summed E-state index contributed by atoms with van der Waals surface area (Å²) in [5.41, 5.74) is 1.62. The molecule has 1 aromatic rings. The predicted octanol–water partition coefficient (Wildman–Crippen LogP) is 2.60. The number of methoxy groups -OCH3 is 1. The summed E-state index contributed by atoms with van der Waals surface area (Å²) in [4.78, 5) is 16.3. The number of amides is 1. The van der Waals surface area contributed by atoms with Crippen molar-refractivity contribution in [3.63, 3.8) is 0 Å². The Hall–Kier alpha value is -2.48. The molecule has 8 heteroatoms. The number of aryl methyl sites for hydroxylation is 1. The molecule has 164 valence electrons. The Morgan fingerprint density at radius 1 is 1.10 bits per heavy atom. The third-order valence-electron chi connectivity index (χ3n) is 3.61. The first-order valence-electron chi connectivity index (χ1n) is 9.95. The second-order valence-electron chi connectivity index (χ2n) is 7.50. The van der Waals surface area contributed by atoms with Gasteiger partial charge in [-0.2, -0.15) is 0 Å². The molecule has 0 unspecified atom stereocenters. The van der Waals surface area contributed by atoms with Crippen LogP contribution in [0.1, 0.15) is 38.8 Å². The Morgan fingerprint density at radius 2 is 1.83 bits per heavy atom. The standard InChI is InChI=1S/C21H36N4O4/c1-7-22-19(23-10-11-24-20(26)29-21(3,4)5)25-15-17-9-8-16(2)14-18(17)28-13-12-27-6/h8-9,14H,7,10-13,15H2,1-6H3,(H,24,26)(H2,22,23,25). The number of nitrogens with one attached hydrogen (secondary N) is 3. The lowest BCUT2D eigenvalue weighted by Gasteiger charge is -2.20. The van der Waals surface area contributed by atoms with Crippen molar-refractivity contribution in [3.8, 4) is 5.75 Å². The minimum Gasteiger partial charge on any atom is -0.491 e. The summed E-state index contributed by atoms with van der Waals surface area (Å²) in [5.74, 6) is 1.48. The first-order valence-corrected chi connectivity index (χ1v) is 9.95. The Bertz CT molecular complexity index is 657. The van der Waals surface area contributed by atoms with Gasteiger partial charge >= 0.3 is 6.09 Å². The first kappa shape index (κ1) is 24.6. The van der Waals surface area contributed by atoms with Crippen LogP contribution in [0.15, 0.2) is 23.2 Å². The van der Waals surface area contributed by atoms with Crippen LogP contribution in [0.25, 0.3) is 0 Å². The lowest BCUT2D eigenvalue weighted by atomic mass is 10.1. The summed E-state index contributed by atoms with van der Waals surface area (Å²) in [6.45, 7) is 12.7. The summed E-state index contributed by atoms with van der Waals surface area (Å²) in [5, 5.41) is 9.11. The van der Waals surface area contributed by atoms with Crippen LogP contribution >= 0.6 is 0 Å². The molecule has 29 heavy (non-hydrogen) atoms. The first-order chi connectivity index (χ1) is 13.7. The highest BCUT2D eigenvalue weighted by Gasteiger charge is 2.15. The number of hydrogen-bond acceptors (Lipinski definition) is 5. The Labute approximate surface area is 174 Å². The van der Waals surface area contributed by atoms with Gasteiger partial charge in [0.2, 0.25) is 0 Å². The quantitative estimate of drug-likeness (QED) is 0.313. The predicted molar refractivity (Wildman–Crippen MR) is 116 cm³/mol. The number of nitrogens with zero attached hydrogens (tertiary/aromatic N) is 1. The van der Waals surface area contributed by atoms with Crippen LogP contribution in [0, 0.1) is 6.92 Å². The number of alkyl carbamates (subject to hydrolysis) is 1. The average molecular weight is 409 g/mol. The van der Waals surface area contributed by atoms with Crippen molar-refractivity contribution in [2.24, 2.45) is 4.99 Å². The number of ether oxygens (including phenoxy) is 3. The summed E-state index contributed by atoms with van der Waals surface area (Å²) in [7, 11) is 1.65. The van der Waals surface area contributed by atoms with E-state index in [9.17, 15) is 4.79 Å². The molecular weight excluding hydrogens is 372 g/mol. The van der Waals surface area contributed by atoms with E-state index in [1.54, 1.807) is 7.11 Å². The van der Waals surface area contributed by atoms with E-state index in [0.29, 0.717) is 38.8 Å². The molecule has 1 aromatic carbocycles. The molecule has 0 aromatic heterocycles. The molecule has 0 saturated carbocycles. The lowest BCUT2D eigenvalue weighted by molar-refractivity contribution is 0.0529.